The number of aromatic amines is 1. The zero-order chi connectivity index (χ0) is 19.3. The van der Waals surface area contributed by atoms with Gasteiger partial charge in [-0.25, -0.2) is 0 Å². The first-order valence-electron chi connectivity index (χ1n) is 8.97. The maximum Gasteiger partial charge on any atom is 0.296 e. The second-order valence-corrected chi connectivity index (χ2v) is 7.03. The average Bonchev–Trinajstić information content (AvgIpc) is 3.46. The van der Waals surface area contributed by atoms with E-state index in [2.05, 4.69) is 20.5 Å². The second kappa shape index (κ2) is 6.16. The number of anilines is 1. The monoisotopic (exact) mass is 372 g/mol. The molecule has 1 amide bonds. The number of nitrogens with zero attached hydrogens (tertiary/aromatic N) is 2. The molecule has 2 heterocycles. The first kappa shape index (κ1) is 16.4. The summed E-state index contributed by atoms with van der Waals surface area (Å²) in [5, 5.41) is 21.7. The van der Waals surface area contributed by atoms with Crippen molar-refractivity contribution in [3.63, 3.8) is 0 Å². The highest BCUT2D eigenvalue weighted by Gasteiger charge is 2.43. The predicted octanol–water partition coefficient (Wildman–Crippen LogP) is 2.23. The molecule has 4 aromatic rings. The maximum absolute atomic E-state index is 12.7. The van der Waals surface area contributed by atoms with Crippen LogP contribution in [0.15, 0.2) is 53.5 Å². The average molecular weight is 372 g/mol. The van der Waals surface area contributed by atoms with Crippen LogP contribution in [0.3, 0.4) is 0 Å². The maximum atomic E-state index is 12.7. The minimum atomic E-state index is -0.492. The van der Waals surface area contributed by atoms with E-state index >= 15 is 0 Å². The summed E-state index contributed by atoms with van der Waals surface area (Å²) >= 11 is 0. The van der Waals surface area contributed by atoms with Crippen molar-refractivity contribution < 1.29 is 9.90 Å². The molecule has 7 nitrogen and oxygen atoms in total. The number of nitrogens with one attached hydrogen (secondary N) is 2. The first-order chi connectivity index (χ1) is 13.7. The predicted molar refractivity (Wildman–Crippen MR) is 106 cm³/mol. The van der Waals surface area contributed by atoms with E-state index in [1.54, 1.807) is 12.1 Å². The Morgan fingerprint density at radius 3 is 2.82 bits per heavy atom. The van der Waals surface area contributed by atoms with Gasteiger partial charge < -0.3 is 15.4 Å². The number of aliphatic hydroxyl groups is 1. The fourth-order valence-corrected chi connectivity index (χ4v) is 3.84. The van der Waals surface area contributed by atoms with Crippen molar-refractivity contribution in [2.45, 2.75) is 12.3 Å². The van der Waals surface area contributed by atoms with Crippen LogP contribution >= 0.6 is 0 Å². The highest BCUT2D eigenvalue weighted by atomic mass is 16.2. The molecule has 2 atom stereocenters. The van der Waals surface area contributed by atoms with Crippen LogP contribution in [0.1, 0.15) is 17.9 Å². The van der Waals surface area contributed by atoms with Crippen LogP contribution in [-0.4, -0.2) is 26.2 Å². The smallest absolute Gasteiger partial charge is 0.296 e. The first-order valence-corrected chi connectivity index (χ1v) is 8.97. The summed E-state index contributed by atoms with van der Waals surface area (Å²) in [7, 11) is 0. The van der Waals surface area contributed by atoms with Crippen LogP contribution in [0.25, 0.3) is 27.9 Å². The van der Waals surface area contributed by atoms with Gasteiger partial charge >= 0.3 is 0 Å². The molecule has 0 saturated heterocycles. The Hall–Kier alpha value is -3.74. The van der Waals surface area contributed by atoms with Crippen LogP contribution in [-0.2, 0) is 4.79 Å². The lowest BCUT2D eigenvalue weighted by molar-refractivity contribution is -0.117. The minimum absolute atomic E-state index is 0.0737. The van der Waals surface area contributed by atoms with Gasteiger partial charge in [0.1, 0.15) is 6.26 Å². The Morgan fingerprint density at radius 2 is 2.04 bits per heavy atom. The summed E-state index contributed by atoms with van der Waals surface area (Å²) in [6.07, 6.45) is 3.17. The van der Waals surface area contributed by atoms with Crippen LogP contribution in [0.5, 0.6) is 0 Å². The van der Waals surface area contributed by atoms with E-state index in [0.717, 1.165) is 18.2 Å². The van der Waals surface area contributed by atoms with E-state index < -0.39 is 5.56 Å². The normalized spacial score (nSPS) is 19.2. The molecule has 2 aromatic carbocycles. The standard InChI is InChI=1S/C21H16N4O3/c26-10-18-16-9-22-25-21(28)15-6-12(7-17(24-18)19(15)16)23-20(27)14-8-13(14)11-4-2-1-3-5-11/h1-7,9-10,13-14,24,26H,8H2,(H,23,27)/t13-,14?/m0/s1. The summed E-state index contributed by atoms with van der Waals surface area (Å²) in [4.78, 5) is 28.1. The molecule has 1 unspecified atom stereocenters. The number of aliphatic hydroxyl groups excluding tert-OH is 1. The molecular weight excluding hydrogens is 356 g/mol. The minimum Gasteiger partial charge on any atom is -0.513 e. The van der Waals surface area contributed by atoms with Crippen molar-refractivity contribution in [3.8, 4) is 0 Å². The van der Waals surface area contributed by atoms with Gasteiger partial charge in [-0.1, -0.05) is 30.3 Å². The van der Waals surface area contributed by atoms with Crippen molar-refractivity contribution in [2.75, 3.05) is 5.32 Å². The van der Waals surface area contributed by atoms with Gasteiger partial charge in [-0.2, -0.15) is 5.10 Å². The zero-order valence-corrected chi connectivity index (χ0v) is 14.7. The van der Waals surface area contributed by atoms with Gasteiger partial charge in [0.15, 0.2) is 0 Å². The number of carbonyl (C=O) groups is 1. The van der Waals surface area contributed by atoms with E-state index in [-0.39, 0.29) is 17.7 Å². The highest BCUT2D eigenvalue weighted by Crippen LogP contribution is 2.47. The molecule has 0 bridgehead atoms. The Bertz CT molecular complexity index is 1330. The molecule has 1 fully saturated rings. The summed E-state index contributed by atoms with van der Waals surface area (Å²) in [6.45, 7) is 0. The molecule has 1 aliphatic rings. The Labute approximate surface area is 158 Å². The van der Waals surface area contributed by atoms with Gasteiger partial charge in [-0.05, 0) is 30.0 Å². The van der Waals surface area contributed by atoms with Crippen LogP contribution in [0.4, 0.5) is 5.69 Å². The van der Waals surface area contributed by atoms with Gasteiger partial charge in [0.05, 0.1) is 16.9 Å². The topological polar surface area (TPSA) is 108 Å². The summed E-state index contributed by atoms with van der Waals surface area (Å²) in [5.74, 6) is 0.0704. The zero-order valence-electron chi connectivity index (χ0n) is 14.7. The third-order valence-electron chi connectivity index (χ3n) is 5.28. The van der Waals surface area contributed by atoms with Gasteiger partial charge in [0.2, 0.25) is 5.91 Å². The molecule has 0 aliphatic heterocycles. The molecule has 0 spiro atoms. The summed E-state index contributed by atoms with van der Waals surface area (Å²) in [5.41, 5.74) is 1.80. The van der Waals surface area contributed by atoms with Crippen LogP contribution in [0, 0.1) is 5.92 Å². The fourth-order valence-electron chi connectivity index (χ4n) is 3.84. The summed E-state index contributed by atoms with van der Waals surface area (Å²) in [6, 6.07) is 13.3. The fraction of sp³-hybridized carbons (Fsp3) is 0.143. The Balaban J connectivity index is 1.52. The molecule has 138 valence electrons. The van der Waals surface area contributed by atoms with E-state index in [9.17, 15) is 14.7 Å². The van der Waals surface area contributed by atoms with Gasteiger partial charge in [0, 0.05) is 27.9 Å². The number of rotatable bonds is 3. The third-order valence-corrected chi connectivity index (χ3v) is 5.28. The van der Waals surface area contributed by atoms with Gasteiger partial charge in [0.25, 0.3) is 5.56 Å². The molecule has 0 radical (unpaired) electrons. The number of H-pyrrole nitrogens is 1. The SMILES string of the molecule is O=C(Nc1cc2[nH]c(=CO)c3cnnc(=O)c(c1)c23)C1C[C@H]1c1ccccc1. The third kappa shape index (κ3) is 2.60. The lowest BCUT2D eigenvalue weighted by Gasteiger charge is -2.06. The number of amides is 1. The number of carbonyl (C=O) groups excluding carboxylic acids is 1. The van der Waals surface area contributed by atoms with E-state index in [0.29, 0.717) is 32.7 Å². The van der Waals surface area contributed by atoms with Gasteiger partial charge in [-0.3, -0.25) is 9.59 Å². The Kier molecular flexibility index (Phi) is 3.61. The molecule has 7 heteroatoms. The van der Waals surface area contributed by atoms with Crippen molar-refractivity contribution >= 4 is 39.5 Å². The quantitative estimate of drug-likeness (QED) is 0.511. The molecule has 3 N–H and O–H groups in total. The lowest BCUT2D eigenvalue weighted by atomic mass is 10.1. The molecule has 5 rings (SSSR count). The molecule has 1 saturated carbocycles. The number of hydrogen-bond acceptors (Lipinski definition) is 5. The summed E-state index contributed by atoms with van der Waals surface area (Å²) < 4.78 is 0. The largest absolute Gasteiger partial charge is 0.513 e. The molecule has 28 heavy (non-hydrogen) atoms. The van der Waals surface area contributed by atoms with Crippen LogP contribution in [0.2, 0.25) is 0 Å². The van der Waals surface area contributed by atoms with Crippen molar-refractivity contribution in [2.24, 2.45) is 5.92 Å². The number of benzene rings is 2. The van der Waals surface area contributed by atoms with Gasteiger partial charge in [-0.15, -0.1) is 5.10 Å². The second-order valence-electron chi connectivity index (χ2n) is 7.03. The van der Waals surface area contributed by atoms with E-state index in [1.807, 2.05) is 30.3 Å². The van der Waals surface area contributed by atoms with Crippen molar-refractivity contribution in [1.82, 2.24) is 15.2 Å². The van der Waals surface area contributed by atoms with Crippen molar-refractivity contribution in [3.05, 3.63) is 69.9 Å². The van der Waals surface area contributed by atoms with Crippen LogP contribution < -0.4 is 16.2 Å². The molecule has 2 aromatic heterocycles. The number of aromatic nitrogens is 3. The highest BCUT2D eigenvalue weighted by molar-refractivity contribution is 6.11. The van der Waals surface area contributed by atoms with E-state index in [1.165, 1.54) is 6.20 Å². The van der Waals surface area contributed by atoms with E-state index in [4.69, 9.17) is 0 Å². The van der Waals surface area contributed by atoms with Crippen molar-refractivity contribution in [1.29, 1.82) is 0 Å². The molecule has 1 aliphatic carbocycles. The Morgan fingerprint density at radius 1 is 1.21 bits per heavy atom. The molecular formula is C21H16N4O3. The number of hydrogen-bond donors (Lipinski definition) is 3. The lowest BCUT2D eigenvalue weighted by Crippen LogP contribution is -2.15.